The van der Waals surface area contributed by atoms with Crippen LogP contribution < -0.4 is 9.47 Å². The highest BCUT2D eigenvalue weighted by molar-refractivity contribution is 8.18. The number of benzene rings is 1. The Morgan fingerprint density at radius 1 is 1.21 bits per heavy atom. The van der Waals surface area contributed by atoms with Gasteiger partial charge in [-0.15, -0.1) is 0 Å². The van der Waals surface area contributed by atoms with E-state index in [9.17, 15) is 19.2 Å². The van der Waals surface area contributed by atoms with Crippen LogP contribution in [0.25, 0.3) is 6.08 Å². The van der Waals surface area contributed by atoms with E-state index >= 15 is 0 Å². The summed E-state index contributed by atoms with van der Waals surface area (Å²) in [4.78, 5) is 48.1. The fraction of sp³-hybridized carbons (Fsp3) is 0.333. The molecule has 1 heterocycles. The summed E-state index contributed by atoms with van der Waals surface area (Å²) in [6.07, 6.45) is 1.44. The molecule has 1 aromatic carbocycles. The molecule has 0 atom stereocenters. The third-order valence-electron chi connectivity index (χ3n) is 3.58. The van der Waals surface area contributed by atoms with E-state index in [1.807, 2.05) is 0 Å². The second-order valence-corrected chi connectivity index (χ2v) is 6.87. The highest BCUT2D eigenvalue weighted by atomic mass is 35.5. The van der Waals surface area contributed by atoms with Gasteiger partial charge in [0.2, 0.25) is 0 Å². The molecule has 29 heavy (non-hydrogen) atoms. The molecule has 1 saturated heterocycles. The molecule has 2 rings (SSSR count). The smallest absolute Gasteiger partial charge is 0.344 e. The Labute approximate surface area is 175 Å². The number of thioether (sulfide) groups is 1. The summed E-state index contributed by atoms with van der Waals surface area (Å²) in [5.41, 5.74) is 0.457. The van der Waals surface area contributed by atoms with E-state index < -0.39 is 29.6 Å². The van der Waals surface area contributed by atoms with E-state index in [1.165, 1.54) is 25.3 Å². The van der Waals surface area contributed by atoms with Crippen LogP contribution in [0.2, 0.25) is 5.02 Å². The third kappa shape index (κ3) is 5.64. The van der Waals surface area contributed by atoms with E-state index in [1.54, 1.807) is 6.92 Å². The van der Waals surface area contributed by atoms with E-state index in [0.717, 1.165) is 12.0 Å². The molecule has 1 aliphatic rings. The van der Waals surface area contributed by atoms with Crippen LogP contribution in [-0.4, -0.2) is 62.0 Å². The van der Waals surface area contributed by atoms with E-state index in [4.69, 9.17) is 25.8 Å². The second kappa shape index (κ2) is 10.2. The number of hydrogen-bond donors (Lipinski definition) is 0. The minimum atomic E-state index is -0.707. The molecule has 156 valence electrons. The Kier molecular flexibility index (Phi) is 7.91. The van der Waals surface area contributed by atoms with Gasteiger partial charge in [-0.05, 0) is 42.5 Å². The topological polar surface area (TPSA) is 108 Å². The fourth-order valence-electron chi connectivity index (χ4n) is 2.28. The molecule has 0 aromatic heterocycles. The molecule has 9 nitrogen and oxygen atoms in total. The van der Waals surface area contributed by atoms with Crippen LogP contribution in [0.5, 0.6) is 11.5 Å². The number of rotatable bonds is 8. The van der Waals surface area contributed by atoms with Crippen molar-refractivity contribution in [3.8, 4) is 11.5 Å². The molecule has 0 aliphatic carbocycles. The van der Waals surface area contributed by atoms with Gasteiger partial charge >= 0.3 is 11.9 Å². The monoisotopic (exact) mass is 443 g/mol. The molecule has 2 amide bonds. The minimum Gasteiger partial charge on any atom is -0.493 e. The first-order chi connectivity index (χ1) is 13.8. The summed E-state index contributed by atoms with van der Waals surface area (Å²) in [6, 6.07) is 3.01. The average Bonchev–Trinajstić information content (AvgIpc) is 2.94. The molecular formula is C18H18ClNO8S. The molecule has 1 fully saturated rings. The number of carbonyl (C=O) groups is 4. The molecule has 0 saturated carbocycles. The second-order valence-electron chi connectivity index (χ2n) is 5.47. The Morgan fingerprint density at radius 2 is 1.93 bits per heavy atom. The predicted octanol–water partition coefficient (Wildman–Crippen LogP) is 2.50. The van der Waals surface area contributed by atoms with Gasteiger partial charge in [0.1, 0.15) is 6.54 Å². The Balaban J connectivity index is 2.24. The molecule has 0 spiro atoms. The van der Waals surface area contributed by atoms with Crippen molar-refractivity contribution < 1.29 is 38.1 Å². The van der Waals surface area contributed by atoms with Crippen LogP contribution in [0.3, 0.4) is 0 Å². The van der Waals surface area contributed by atoms with Gasteiger partial charge in [-0.3, -0.25) is 19.3 Å². The van der Waals surface area contributed by atoms with Crippen molar-refractivity contribution in [2.45, 2.75) is 6.92 Å². The van der Waals surface area contributed by atoms with Gasteiger partial charge in [-0.25, -0.2) is 4.79 Å². The van der Waals surface area contributed by atoms with Crippen molar-refractivity contribution in [1.82, 2.24) is 4.90 Å². The Morgan fingerprint density at radius 3 is 2.55 bits per heavy atom. The lowest BCUT2D eigenvalue weighted by atomic mass is 10.1. The molecule has 0 unspecified atom stereocenters. The number of imide groups is 1. The number of esters is 2. The maximum absolute atomic E-state index is 12.4. The largest absolute Gasteiger partial charge is 0.493 e. The van der Waals surface area contributed by atoms with Gasteiger partial charge in [0.15, 0.2) is 18.1 Å². The summed E-state index contributed by atoms with van der Waals surface area (Å²) in [5.74, 6) is -1.53. The van der Waals surface area contributed by atoms with Crippen LogP contribution in [0.15, 0.2) is 17.0 Å². The lowest BCUT2D eigenvalue weighted by Gasteiger charge is -2.13. The number of halogens is 1. The van der Waals surface area contributed by atoms with E-state index in [0.29, 0.717) is 17.3 Å². The van der Waals surface area contributed by atoms with Crippen molar-refractivity contribution >= 4 is 52.5 Å². The molecule has 1 aromatic rings. The summed E-state index contributed by atoms with van der Waals surface area (Å²) < 4.78 is 19.9. The van der Waals surface area contributed by atoms with Gasteiger partial charge in [-0.2, -0.15) is 0 Å². The third-order valence-corrected chi connectivity index (χ3v) is 4.77. The summed E-state index contributed by atoms with van der Waals surface area (Å²) in [5, 5.41) is -0.451. The zero-order valence-electron chi connectivity index (χ0n) is 15.9. The number of hydrogen-bond acceptors (Lipinski definition) is 9. The van der Waals surface area contributed by atoms with Crippen LogP contribution in [-0.2, 0) is 23.9 Å². The lowest BCUT2D eigenvalue weighted by Crippen LogP contribution is -2.34. The average molecular weight is 444 g/mol. The summed E-state index contributed by atoms with van der Waals surface area (Å²) in [6.45, 7) is 1.07. The highest BCUT2D eigenvalue weighted by Crippen LogP contribution is 2.39. The van der Waals surface area contributed by atoms with Crippen molar-refractivity contribution in [2.24, 2.45) is 0 Å². The number of methoxy groups -OCH3 is 2. The maximum Gasteiger partial charge on any atom is 0.344 e. The van der Waals surface area contributed by atoms with Crippen LogP contribution in [0.4, 0.5) is 4.79 Å². The van der Waals surface area contributed by atoms with Gasteiger partial charge < -0.3 is 18.9 Å². The molecule has 1 aliphatic heterocycles. The van der Waals surface area contributed by atoms with Crippen LogP contribution in [0.1, 0.15) is 12.5 Å². The minimum absolute atomic E-state index is 0.109. The number of nitrogens with zero attached hydrogens (tertiary/aromatic N) is 1. The highest BCUT2D eigenvalue weighted by Gasteiger charge is 2.36. The van der Waals surface area contributed by atoms with Crippen LogP contribution >= 0.6 is 23.4 Å². The van der Waals surface area contributed by atoms with Crippen molar-refractivity contribution in [2.75, 3.05) is 34.0 Å². The lowest BCUT2D eigenvalue weighted by molar-refractivity contribution is -0.145. The van der Waals surface area contributed by atoms with Gasteiger partial charge in [0.05, 0.1) is 30.8 Å². The van der Waals surface area contributed by atoms with Crippen molar-refractivity contribution in [3.05, 3.63) is 27.6 Å². The molecule has 0 radical (unpaired) electrons. The molecule has 0 bridgehead atoms. The predicted molar refractivity (Wildman–Crippen MR) is 105 cm³/mol. The zero-order chi connectivity index (χ0) is 21.6. The van der Waals surface area contributed by atoms with Crippen molar-refractivity contribution in [1.29, 1.82) is 0 Å². The molecule has 11 heteroatoms. The maximum atomic E-state index is 12.4. The van der Waals surface area contributed by atoms with E-state index in [-0.39, 0.29) is 34.6 Å². The van der Waals surface area contributed by atoms with Gasteiger partial charge in [0, 0.05) is 0 Å². The first-order valence-electron chi connectivity index (χ1n) is 8.28. The molecule has 0 N–H and O–H groups in total. The standard InChI is InChI=1S/C18H18ClNO8S/c1-4-27-15(22)9-28-16-11(19)5-10(6-12(16)25-2)7-13-17(23)20(18(24)29-13)8-14(21)26-3/h5-7H,4,8-9H2,1-3H3/b13-7-. The van der Waals surface area contributed by atoms with Crippen LogP contribution in [0, 0.1) is 0 Å². The first-order valence-corrected chi connectivity index (χ1v) is 9.48. The van der Waals surface area contributed by atoms with Crippen molar-refractivity contribution in [3.63, 3.8) is 0 Å². The Bertz CT molecular complexity index is 870. The summed E-state index contributed by atoms with van der Waals surface area (Å²) >= 11 is 6.91. The number of ether oxygens (including phenoxy) is 4. The summed E-state index contributed by atoms with van der Waals surface area (Å²) in [7, 11) is 2.55. The first kappa shape index (κ1) is 22.6. The normalized spacial score (nSPS) is 14.9. The Hall–Kier alpha value is -2.72. The molecular weight excluding hydrogens is 426 g/mol. The zero-order valence-corrected chi connectivity index (χ0v) is 17.4. The van der Waals surface area contributed by atoms with E-state index in [2.05, 4.69) is 4.74 Å². The van der Waals surface area contributed by atoms with Gasteiger partial charge in [0.25, 0.3) is 11.1 Å². The SMILES string of the molecule is CCOC(=O)COc1c(Cl)cc(/C=C2\SC(=O)N(CC(=O)OC)C2=O)cc1OC. The number of amides is 2. The quantitative estimate of drug-likeness (QED) is 0.442. The van der Waals surface area contributed by atoms with Gasteiger partial charge in [-0.1, -0.05) is 11.6 Å². The fourth-order valence-corrected chi connectivity index (χ4v) is 3.39. The number of carbonyl (C=O) groups excluding carboxylic acids is 4.